The van der Waals surface area contributed by atoms with Crippen molar-refractivity contribution in [2.24, 2.45) is 17.3 Å². The lowest BCUT2D eigenvalue weighted by Gasteiger charge is -2.45. The zero-order valence-corrected chi connectivity index (χ0v) is 15.5. The molecule has 0 heterocycles. The van der Waals surface area contributed by atoms with Gasteiger partial charge in [-0.15, -0.1) is 0 Å². The van der Waals surface area contributed by atoms with Crippen molar-refractivity contribution in [3.63, 3.8) is 0 Å². The number of hydrogen-bond donors (Lipinski definition) is 0. The number of allylic oxidation sites excluding steroid dienone is 5. The highest BCUT2D eigenvalue weighted by molar-refractivity contribution is 5.25. The standard InChI is InChI=1S/C22H38/c1-6-11-13-20(10-5)21-16-19(12-7-2)17-22(18-21,14-8-3)15-9-4/h6,10-11,13,19,21H,1,7-9,12,14-18H2,2-5H3/b13-11-,20-10+. The third-order valence-electron chi connectivity index (χ3n) is 5.51. The van der Waals surface area contributed by atoms with Gasteiger partial charge in [0.25, 0.3) is 0 Å². The topological polar surface area (TPSA) is 0 Å². The van der Waals surface area contributed by atoms with E-state index in [0.29, 0.717) is 5.41 Å². The number of hydrogen-bond acceptors (Lipinski definition) is 0. The molecule has 0 bridgehead atoms. The molecule has 0 amide bonds. The second-order valence-electron chi connectivity index (χ2n) is 7.38. The van der Waals surface area contributed by atoms with Crippen LogP contribution in [-0.2, 0) is 0 Å². The van der Waals surface area contributed by atoms with E-state index in [4.69, 9.17) is 0 Å². The highest BCUT2D eigenvalue weighted by Crippen LogP contribution is 2.51. The molecule has 0 spiro atoms. The minimum absolute atomic E-state index is 0.600. The van der Waals surface area contributed by atoms with Gasteiger partial charge in [-0.2, -0.15) is 0 Å². The first-order chi connectivity index (χ1) is 10.6. The van der Waals surface area contributed by atoms with Gasteiger partial charge in [-0.1, -0.05) is 77.3 Å². The van der Waals surface area contributed by atoms with Crippen LogP contribution in [0, 0.1) is 17.3 Å². The van der Waals surface area contributed by atoms with Crippen molar-refractivity contribution in [3.05, 3.63) is 36.5 Å². The molecule has 0 aliphatic heterocycles. The van der Waals surface area contributed by atoms with Gasteiger partial charge in [-0.25, -0.2) is 0 Å². The third-order valence-corrected chi connectivity index (χ3v) is 5.51. The summed E-state index contributed by atoms with van der Waals surface area (Å²) in [7, 11) is 0. The highest BCUT2D eigenvalue weighted by atomic mass is 14.4. The van der Waals surface area contributed by atoms with Crippen LogP contribution in [0.3, 0.4) is 0 Å². The van der Waals surface area contributed by atoms with Gasteiger partial charge in [0.05, 0.1) is 0 Å². The Bertz CT molecular complexity index is 365. The zero-order valence-electron chi connectivity index (χ0n) is 15.5. The zero-order chi connectivity index (χ0) is 16.4. The van der Waals surface area contributed by atoms with Crippen molar-refractivity contribution in [2.75, 3.05) is 0 Å². The molecule has 126 valence electrons. The van der Waals surface area contributed by atoms with Crippen LogP contribution in [0.25, 0.3) is 0 Å². The van der Waals surface area contributed by atoms with Crippen LogP contribution in [0.15, 0.2) is 36.5 Å². The summed E-state index contributed by atoms with van der Waals surface area (Å²) in [5.74, 6) is 1.68. The van der Waals surface area contributed by atoms with Crippen LogP contribution < -0.4 is 0 Å². The quantitative estimate of drug-likeness (QED) is 0.387. The summed E-state index contributed by atoms with van der Waals surface area (Å²) < 4.78 is 0. The first-order valence-corrected chi connectivity index (χ1v) is 9.60. The molecule has 1 saturated carbocycles. The molecule has 0 nitrogen and oxygen atoms in total. The van der Waals surface area contributed by atoms with Crippen molar-refractivity contribution in [2.45, 2.75) is 85.5 Å². The van der Waals surface area contributed by atoms with Crippen LogP contribution in [0.4, 0.5) is 0 Å². The first kappa shape index (κ1) is 19.3. The summed E-state index contributed by atoms with van der Waals surface area (Å²) >= 11 is 0. The minimum Gasteiger partial charge on any atom is -0.0991 e. The molecule has 0 aromatic rings. The average molecular weight is 303 g/mol. The maximum Gasteiger partial charge on any atom is -0.0157 e. The van der Waals surface area contributed by atoms with Gasteiger partial charge in [0, 0.05) is 0 Å². The molecule has 2 atom stereocenters. The summed E-state index contributed by atoms with van der Waals surface area (Å²) in [5.41, 5.74) is 2.14. The average Bonchev–Trinajstić information content (AvgIpc) is 2.48. The van der Waals surface area contributed by atoms with Crippen LogP contribution >= 0.6 is 0 Å². The highest BCUT2D eigenvalue weighted by Gasteiger charge is 2.39. The Kier molecular flexibility index (Phi) is 8.83. The van der Waals surface area contributed by atoms with Crippen molar-refractivity contribution >= 4 is 0 Å². The van der Waals surface area contributed by atoms with E-state index < -0.39 is 0 Å². The van der Waals surface area contributed by atoms with E-state index >= 15 is 0 Å². The Labute approximate surface area is 139 Å². The Morgan fingerprint density at radius 2 is 1.77 bits per heavy atom. The molecular weight excluding hydrogens is 264 g/mol. The maximum absolute atomic E-state index is 3.83. The molecule has 0 radical (unpaired) electrons. The Morgan fingerprint density at radius 1 is 1.09 bits per heavy atom. The van der Waals surface area contributed by atoms with Gasteiger partial charge in [-0.05, 0) is 61.9 Å². The van der Waals surface area contributed by atoms with Crippen LogP contribution in [0.1, 0.15) is 85.5 Å². The van der Waals surface area contributed by atoms with E-state index in [2.05, 4.69) is 52.5 Å². The minimum atomic E-state index is 0.600. The fourth-order valence-electron chi connectivity index (χ4n) is 4.91. The van der Waals surface area contributed by atoms with Crippen molar-refractivity contribution in [1.82, 2.24) is 0 Å². The molecule has 0 aromatic heterocycles. The molecule has 1 rings (SSSR count). The summed E-state index contributed by atoms with van der Waals surface area (Å²) in [4.78, 5) is 0. The fourth-order valence-corrected chi connectivity index (χ4v) is 4.91. The molecule has 0 aromatic carbocycles. The molecule has 0 heteroatoms. The Morgan fingerprint density at radius 3 is 2.27 bits per heavy atom. The largest absolute Gasteiger partial charge is 0.0991 e. The fraction of sp³-hybridized carbons (Fsp3) is 0.727. The predicted molar refractivity (Wildman–Crippen MR) is 101 cm³/mol. The van der Waals surface area contributed by atoms with Crippen LogP contribution in [-0.4, -0.2) is 0 Å². The lowest BCUT2D eigenvalue weighted by atomic mass is 9.59. The molecule has 1 fully saturated rings. The van der Waals surface area contributed by atoms with Gasteiger partial charge in [0.15, 0.2) is 0 Å². The van der Waals surface area contributed by atoms with Crippen LogP contribution in [0.2, 0.25) is 0 Å². The normalized spacial score (nSPS) is 25.5. The summed E-state index contributed by atoms with van der Waals surface area (Å²) in [6.07, 6.45) is 21.2. The van der Waals surface area contributed by atoms with Gasteiger partial charge in [-0.3, -0.25) is 0 Å². The van der Waals surface area contributed by atoms with E-state index in [9.17, 15) is 0 Å². The van der Waals surface area contributed by atoms with E-state index in [1.54, 1.807) is 0 Å². The Balaban J connectivity index is 3.00. The van der Waals surface area contributed by atoms with Crippen molar-refractivity contribution in [1.29, 1.82) is 0 Å². The van der Waals surface area contributed by atoms with Gasteiger partial charge >= 0.3 is 0 Å². The van der Waals surface area contributed by atoms with Crippen molar-refractivity contribution < 1.29 is 0 Å². The Hall–Kier alpha value is -0.780. The van der Waals surface area contributed by atoms with E-state index in [-0.39, 0.29) is 0 Å². The van der Waals surface area contributed by atoms with E-state index in [0.717, 1.165) is 11.8 Å². The lowest BCUT2D eigenvalue weighted by molar-refractivity contribution is 0.0785. The molecule has 22 heavy (non-hydrogen) atoms. The molecule has 2 unspecified atom stereocenters. The van der Waals surface area contributed by atoms with E-state index in [1.165, 1.54) is 63.4 Å². The molecule has 1 aliphatic rings. The second kappa shape index (κ2) is 10.1. The van der Waals surface area contributed by atoms with Gasteiger partial charge in [0.2, 0.25) is 0 Å². The van der Waals surface area contributed by atoms with Gasteiger partial charge < -0.3 is 0 Å². The van der Waals surface area contributed by atoms with E-state index in [1.807, 2.05) is 6.08 Å². The first-order valence-electron chi connectivity index (χ1n) is 9.60. The van der Waals surface area contributed by atoms with Crippen molar-refractivity contribution in [3.8, 4) is 0 Å². The third kappa shape index (κ3) is 5.45. The van der Waals surface area contributed by atoms with Crippen LogP contribution in [0.5, 0.6) is 0 Å². The lowest BCUT2D eigenvalue weighted by Crippen LogP contribution is -2.34. The molecule has 0 saturated heterocycles. The summed E-state index contributed by atoms with van der Waals surface area (Å²) in [6, 6.07) is 0. The summed E-state index contributed by atoms with van der Waals surface area (Å²) in [6.45, 7) is 13.1. The second-order valence-corrected chi connectivity index (χ2v) is 7.38. The molecule has 1 aliphatic carbocycles. The maximum atomic E-state index is 3.83. The van der Waals surface area contributed by atoms with Gasteiger partial charge in [0.1, 0.15) is 0 Å². The molecular formula is C22H38. The number of rotatable bonds is 9. The predicted octanol–water partition coefficient (Wildman–Crippen LogP) is 7.48. The molecule has 0 N–H and O–H groups in total. The smallest absolute Gasteiger partial charge is 0.0157 e. The summed E-state index contributed by atoms with van der Waals surface area (Å²) in [5, 5.41) is 0. The SMILES string of the molecule is C=C/C=C\C(=C/C)C1CC(CCC)CC(CCC)(CCC)C1. The monoisotopic (exact) mass is 302 g/mol.